The van der Waals surface area contributed by atoms with Crippen molar-refractivity contribution in [3.05, 3.63) is 38.8 Å². The quantitative estimate of drug-likeness (QED) is 0.933. The molecule has 1 saturated heterocycles. The van der Waals surface area contributed by atoms with Crippen molar-refractivity contribution in [1.29, 1.82) is 0 Å². The number of rotatable bonds is 4. The molecule has 0 aromatic carbocycles. The Bertz CT molecular complexity index is 646. The number of amides is 1. The summed E-state index contributed by atoms with van der Waals surface area (Å²) < 4.78 is 5.01. The van der Waals surface area contributed by atoms with Gasteiger partial charge in [0, 0.05) is 19.5 Å². The van der Waals surface area contributed by atoms with Crippen LogP contribution in [0.15, 0.2) is 26.0 Å². The van der Waals surface area contributed by atoms with E-state index in [2.05, 4.69) is 21.6 Å². The molecule has 0 saturated carbocycles. The highest BCUT2D eigenvalue weighted by Crippen LogP contribution is 2.25. The standard InChI is InChI=1S/C14H17N3O3S/c18-12(4-3-10-5-7-21-9-10)17-6-1-2-11(8-17)13-15-16-14(19)20-13/h5,7,9,11H,1-4,6,8H2,(H,16,19). The largest absolute Gasteiger partial charge is 0.434 e. The number of thiophene rings is 1. The summed E-state index contributed by atoms with van der Waals surface area (Å²) in [6.07, 6.45) is 3.10. The smallest absolute Gasteiger partial charge is 0.392 e. The van der Waals surface area contributed by atoms with Crippen LogP contribution in [-0.2, 0) is 11.2 Å². The Morgan fingerprint density at radius 1 is 1.57 bits per heavy atom. The van der Waals surface area contributed by atoms with E-state index in [1.807, 2.05) is 10.3 Å². The lowest BCUT2D eigenvalue weighted by Gasteiger charge is -2.31. The van der Waals surface area contributed by atoms with Crippen molar-refractivity contribution in [2.24, 2.45) is 0 Å². The second kappa shape index (κ2) is 6.26. The van der Waals surface area contributed by atoms with Crippen LogP contribution in [0.25, 0.3) is 0 Å². The molecule has 0 aliphatic carbocycles. The number of hydrogen-bond donors (Lipinski definition) is 1. The number of aromatic amines is 1. The number of piperidine rings is 1. The van der Waals surface area contributed by atoms with Crippen molar-refractivity contribution >= 4 is 17.2 Å². The first-order chi connectivity index (χ1) is 10.2. The molecule has 1 amide bonds. The molecular formula is C14H17N3O3S. The summed E-state index contributed by atoms with van der Waals surface area (Å²) in [5, 5.41) is 10.3. The van der Waals surface area contributed by atoms with Crippen molar-refractivity contribution < 1.29 is 9.21 Å². The average molecular weight is 307 g/mol. The maximum Gasteiger partial charge on any atom is 0.434 e. The van der Waals surface area contributed by atoms with Gasteiger partial charge in [-0.3, -0.25) is 4.79 Å². The third kappa shape index (κ3) is 3.41. The van der Waals surface area contributed by atoms with Crippen LogP contribution in [0, 0.1) is 0 Å². The Morgan fingerprint density at radius 2 is 2.48 bits per heavy atom. The number of aryl methyl sites for hydroxylation is 1. The number of aromatic nitrogens is 2. The maximum atomic E-state index is 12.3. The van der Waals surface area contributed by atoms with E-state index in [4.69, 9.17) is 4.42 Å². The molecule has 1 aliphatic rings. The van der Waals surface area contributed by atoms with Crippen LogP contribution < -0.4 is 5.76 Å². The fourth-order valence-electron chi connectivity index (χ4n) is 2.67. The number of carbonyl (C=O) groups is 1. The fourth-order valence-corrected chi connectivity index (χ4v) is 3.37. The monoisotopic (exact) mass is 307 g/mol. The molecule has 3 rings (SSSR count). The first-order valence-corrected chi connectivity index (χ1v) is 8.01. The van der Waals surface area contributed by atoms with Gasteiger partial charge in [0.15, 0.2) is 0 Å². The lowest BCUT2D eigenvalue weighted by atomic mass is 9.97. The second-order valence-electron chi connectivity index (χ2n) is 5.26. The third-order valence-corrected chi connectivity index (χ3v) is 4.52. The minimum atomic E-state index is -0.536. The van der Waals surface area contributed by atoms with Crippen LogP contribution in [0.3, 0.4) is 0 Å². The highest BCUT2D eigenvalue weighted by Gasteiger charge is 2.27. The van der Waals surface area contributed by atoms with Gasteiger partial charge < -0.3 is 9.32 Å². The van der Waals surface area contributed by atoms with E-state index in [0.717, 1.165) is 25.8 Å². The summed E-state index contributed by atoms with van der Waals surface area (Å²) in [5.74, 6) is 0.0489. The Balaban J connectivity index is 1.57. The molecule has 2 aromatic rings. The van der Waals surface area contributed by atoms with Gasteiger partial charge in [-0.15, -0.1) is 5.10 Å². The minimum absolute atomic E-state index is 0.0165. The third-order valence-electron chi connectivity index (χ3n) is 3.79. The summed E-state index contributed by atoms with van der Waals surface area (Å²) in [7, 11) is 0. The molecule has 2 aromatic heterocycles. The van der Waals surface area contributed by atoms with Crippen LogP contribution in [0.1, 0.15) is 36.6 Å². The van der Waals surface area contributed by atoms with E-state index < -0.39 is 5.76 Å². The molecule has 1 aliphatic heterocycles. The minimum Gasteiger partial charge on any atom is -0.392 e. The summed E-state index contributed by atoms with van der Waals surface area (Å²) >= 11 is 1.65. The molecule has 6 nitrogen and oxygen atoms in total. The number of nitrogens with zero attached hydrogens (tertiary/aromatic N) is 2. The molecule has 0 spiro atoms. The van der Waals surface area contributed by atoms with Gasteiger partial charge in [-0.05, 0) is 41.7 Å². The zero-order valence-electron chi connectivity index (χ0n) is 11.6. The van der Waals surface area contributed by atoms with Gasteiger partial charge in [0.05, 0.1) is 5.92 Å². The fraction of sp³-hybridized carbons (Fsp3) is 0.500. The molecule has 7 heteroatoms. The number of likely N-dealkylation sites (tertiary alicyclic amines) is 1. The zero-order valence-corrected chi connectivity index (χ0v) is 12.4. The number of carbonyl (C=O) groups excluding carboxylic acids is 1. The van der Waals surface area contributed by atoms with E-state index in [1.165, 1.54) is 5.56 Å². The van der Waals surface area contributed by atoms with Crippen molar-refractivity contribution in [3.63, 3.8) is 0 Å². The SMILES string of the molecule is O=C(CCc1ccsc1)N1CCCC(c2n[nH]c(=O)o2)C1. The molecule has 0 radical (unpaired) electrons. The van der Waals surface area contributed by atoms with Gasteiger partial charge >= 0.3 is 5.76 Å². The Hall–Kier alpha value is -1.89. The molecular weight excluding hydrogens is 290 g/mol. The van der Waals surface area contributed by atoms with Gasteiger partial charge in [0.2, 0.25) is 11.8 Å². The molecule has 1 atom stereocenters. The predicted octanol–water partition coefficient (Wildman–Crippen LogP) is 1.76. The van der Waals surface area contributed by atoms with E-state index >= 15 is 0 Å². The van der Waals surface area contributed by atoms with Crippen molar-refractivity contribution in [1.82, 2.24) is 15.1 Å². The average Bonchev–Trinajstić information content (AvgIpc) is 3.16. The van der Waals surface area contributed by atoms with E-state index in [-0.39, 0.29) is 11.8 Å². The number of H-pyrrole nitrogens is 1. The summed E-state index contributed by atoms with van der Waals surface area (Å²) in [6.45, 7) is 1.35. The first-order valence-electron chi connectivity index (χ1n) is 7.06. The van der Waals surface area contributed by atoms with Crippen LogP contribution in [0.5, 0.6) is 0 Å². The van der Waals surface area contributed by atoms with E-state index in [9.17, 15) is 9.59 Å². The highest BCUT2D eigenvalue weighted by atomic mass is 32.1. The molecule has 0 bridgehead atoms. The Morgan fingerprint density at radius 3 is 3.19 bits per heavy atom. The van der Waals surface area contributed by atoms with Crippen LogP contribution in [-0.4, -0.2) is 34.1 Å². The Labute approximate surface area is 125 Å². The van der Waals surface area contributed by atoms with Gasteiger partial charge in [-0.1, -0.05) is 0 Å². The first kappa shape index (κ1) is 14.1. The molecule has 1 fully saturated rings. The zero-order chi connectivity index (χ0) is 14.7. The topological polar surface area (TPSA) is 79.2 Å². The van der Waals surface area contributed by atoms with Gasteiger partial charge in [-0.2, -0.15) is 11.3 Å². The lowest BCUT2D eigenvalue weighted by Crippen LogP contribution is -2.39. The van der Waals surface area contributed by atoms with Crippen LogP contribution in [0.2, 0.25) is 0 Å². The second-order valence-corrected chi connectivity index (χ2v) is 6.04. The molecule has 3 heterocycles. The number of hydrogen-bond acceptors (Lipinski definition) is 5. The van der Waals surface area contributed by atoms with Crippen LogP contribution in [0.4, 0.5) is 0 Å². The maximum absolute atomic E-state index is 12.3. The molecule has 1 unspecified atom stereocenters. The predicted molar refractivity (Wildman–Crippen MR) is 78.3 cm³/mol. The lowest BCUT2D eigenvalue weighted by molar-refractivity contribution is -0.132. The molecule has 112 valence electrons. The van der Waals surface area contributed by atoms with Crippen LogP contribution >= 0.6 is 11.3 Å². The van der Waals surface area contributed by atoms with E-state index in [0.29, 0.717) is 18.9 Å². The van der Waals surface area contributed by atoms with Gasteiger partial charge in [-0.25, -0.2) is 9.89 Å². The van der Waals surface area contributed by atoms with Crippen molar-refractivity contribution in [2.75, 3.05) is 13.1 Å². The molecule has 1 N–H and O–H groups in total. The summed E-state index contributed by atoms with van der Waals surface area (Å²) in [4.78, 5) is 25.2. The summed E-state index contributed by atoms with van der Waals surface area (Å²) in [6, 6.07) is 2.05. The number of nitrogens with one attached hydrogen (secondary N) is 1. The van der Waals surface area contributed by atoms with Gasteiger partial charge in [0.1, 0.15) is 0 Å². The normalized spacial score (nSPS) is 18.9. The van der Waals surface area contributed by atoms with Gasteiger partial charge in [0.25, 0.3) is 0 Å². The summed E-state index contributed by atoms with van der Waals surface area (Å²) in [5.41, 5.74) is 1.21. The van der Waals surface area contributed by atoms with E-state index in [1.54, 1.807) is 11.3 Å². The van der Waals surface area contributed by atoms with Crippen molar-refractivity contribution in [3.8, 4) is 0 Å². The Kier molecular flexibility index (Phi) is 4.19. The van der Waals surface area contributed by atoms with Crippen molar-refractivity contribution in [2.45, 2.75) is 31.6 Å². The highest BCUT2D eigenvalue weighted by molar-refractivity contribution is 7.07. The molecule has 21 heavy (non-hydrogen) atoms.